The molecular weight excluding hydrogens is 164 g/mol. The number of nitrogens with one attached hydrogen (secondary N) is 3. The van der Waals surface area contributed by atoms with Crippen LogP contribution >= 0.6 is 0 Å². The monoisotopic (exact) mass is 180 g/mol. The minimum atomic E-state index is 0.735. The molecule has 0 radical (unpaired) electrons. The average molecular weight is 180 g/mol. The van der Waals surface area contributed by atoms with E-state index in [0.29, 0.717) is 0 Å². The molecule has 0 saturated heterocycles. The summed E-state index contributed by atoms with van der Waals surface area (Å²) in [6.07, 6.45) is 0. The van der Waals surface area contributed by atoms with Crippen molar-refractivity contribution in [3.8, 4) is 0 Å². The summed E-state index contributed by atoms with van der Waals surface area (Å²) in [5.74, 6) is 0. The summed E-state index contributed by atoms with van der Waals surface area (Å²) in [5, 5.41) is 9.18. The van der Waals surface area contributed by atoms with Gasteiger partial charge in [0.2, 0.25) is 0 Å². The van der Waals surface area contributed by atoms with Gasteiger partial charge in [-0.15, -0.1) is 0 Å². The Balaban J connectivity index is 3.20. The molecule has 0 bridgehead atoms. The fraction of sp³-hybridized carbons (Fsp3) is 0.333. The zero-order chi connectivity index (χ0) is 9.84. The molecule has 4 heteroatoms. The lowest BCUT2D eigenvalue weighted by atomic mass is 10.2. The standard InChI is InChI=1S/C9H16N4/c1-11-6-4-7(10)9(13-3)8(5-6)12-2/h4-5,11-13H,10H2,1-3H3. The van der Waals surface area contributed by atoms with Gasteiger partial charge < -0.3 is 21.7 Å². The van der Waals surface area contributed by atoms with E-state index in [-0.39, 0.29) is 0 Å². The summed E-state index contributed by atoms with van der Waals surface area (Å²) < 4.78 is 0. The van der Waals surface area contributed by atoms with Gasteiger partial charge in [-0.2, -0.15) is 0 Å². The molecule has 0 heterocycles. The van der Waals surface area contributed by atoms with E-state index in [0.717, 1.165) is 22.7 Å². The maximum atomic E-state index is 5.84. The summed E-state index contributed by atoms with van der Waals surface area (Å²) in [6.45, 7) is 0. The van der Waals surface area contributed by atoms with Crippen LogP contribution in [-0.4, -0.2) is 21.1 Å². The summed E-state index contributed by atoms with van der Waals surface area (Å²) in [5.41, 5.74) is 9.50. The number of rotatable bonds is 3. The van der Waals surface area contributed by atoms with Crippen LogP contribution in [0.25, 0.3) is 0 Å². The Kier molecular flexibility index (Phi) is 2.84. The molecule has 0 aliphatic rings. The van der Waals surface area contributed by atoms with Crippen LogP contribution in [0.15, 0.2) is 12.1 Å². The van der Waals surface area contributed by atoms with Crippen LogP contribution in [-0.2, 0) is 0 Å². The Bertz CT molecular complexity index is 296. The lowest BCUT2D eigenvalue weighted by molar-refractivity contribution is 1.43. The van der Waals surface area contributed by atoms with Gasteiger partial charge in [0.05, 0.1) is 17.1 Å². The minimum absolute atomic E-state index is 0.735. The predicted octanol–water partition coefficient (Wildman–Crippen LogP) is 1.39. The quantitative estimate of drug-likeness (QED) is 0.531. The molecule has 0 spiro atoms. The van der Waals surface area contributed by atoms with Gasteiger partial charge in [0.15, 0.2) is 0 Å². The Morgan fingerprint density at radius 3 is 2.15 bits per heavy atom. The third-order valence-electron chi connectivity index (χ3n) is 1.98. The SMILES string of the molecule is CNc1cc(N)c(NC)c(NC)c1. The molecule has 1 aromatic carbocycles. The third-order valence-corrected chi connectivity index (χ3v) is 1.98. The number of benzene rings is 1. The molecule has 0 amide bonds. The molecule has 4 nitrogen and oxygen atoms in total. The summed E-state index contributed by atoms with van der Waals surface area (Å²) >= 11 is 0. The second-order valence-corrected chi connectivity index (χ2v) is 2.74. The van der Waals surface area contributed by atoms with Gasteiger partial charge in [0, 0.05) is 26.8 Å². The third kappa shape index (κ3) is 1.77. The number of hydrogen-bond acceptors (Lipinski definition) is 4. The lowest BCUT2D eigenvalue weighted by Gasteiger charge is -2.13. The Morgan fingerprint density at radius 2 is 1.69 bits per heavy atom. The maximum absolute atomic E-state index is 5.84. The van der Waals surface area contributed by atoms with E-state index in [1.807, 2.05) is 33.3 Å². The van der Waals surface area contributed by atoms with Crippen LogP contribution in [0.4, 0.5) is 22.7 Å². The lowest BCUT2D eigenvalue weighted by Crippen LogP contribution is -2.02. The molecule has 5 N–H and O–H groups in total. The second kappa shape index (κ2) is 3.89. The zero-order valence-electron chi connectivity index (χ0n) is 8.23. The largest absolute Gasteiger partial charge is 0.397 e. The molecule has 1 rings (SSSR count). The second-order valence-electron chi connectivity index (χ2n) is 2.74. The van der Waals surface area contributed by atoms with Crippen molar-refractivity contribution in [3.05, 3.63) is 12.1 Å². The van der Waals surface area contributed by atoms with Crippen molar-refractivity contribution in [2.24, 2.45) is 0 Å². The molecule has 0 atom stereocenters. The van der Waals surface area contributed by atoms with E-state index >= 15 is 0 Å². The van der Waals surface area contributed by atoms with Crippen molar-refractivity contribution in [3.63, 3.8) is 0 Å². The van der Waals surface area contributed by atoms with Crippen LogP contribution < -0.4 is 21.7 Å². The van der Waals surface area contributed by atoms with Gasteiger partial charge in [-0.1, -0.05) is 0 Å². The van der Waals surface area contributed by atoms with Crippen molar-refractivity contribution in [1.29, 1.82) is 0 Å². The molecule has 0 unspecified atom stereocenters. The first-order valence-electron chi connectivity index (χ1n) is 4.19. The Morgan fingerprint density at radius 1 is 1.00 bits per heavy atom. The highest BCUT2D eigenvalue weighted by Crippen LogP contribution is 2.31. The highest BCUT2D eigenvalue weighted by atomic mass is 14.9. The first-order valence-corrected chi connectivity index (χ1v) is 4.19. The normalized spacial score (nSPS) is 9.46. The molecular formula is C9H16N4. The molecule has 0 fully saturated rings. The van der Waals surface area contributed by atoms with Gasteiger partial charge in [0.1, 0.15) is 0 Å². The van der Waals surface area contributed by atoms with Crippen LogP contribution in [0.1, 0.15) is 0 Å². The van der Waals surface area contributed by atoms with Gasteiger partial charge in [-0.3, -0.25) is 0 Å². The molecule has 13 heavy (non-hydrogen) atoms. The molecule has 0 aromatic heterocycles. The Hall–Kier alpha value is -1.58. The molecule has 0 saturated carbocycles. The highest BCUT2D eigenvalue weighted by Gasteiger charge is 2.04. The Labute approximate surface area is 78.5 Å². The van der Waals surface area contributed by atoms with E-state index in [1.54, 1.807) is 0 Å². The zero-order valence-corrected chi connectivity index (χ0v) is 8.23. The summed E-state index contributed by atoms with van der Waals surface area (Å²) in [4.78, 5) is 0. The first-order chi connectivity index (χ1) is 6.22. The minimum Gasteiger partial charge on any atom is -0.397 e. The van der Waals surface area contributed by atoms with Crippen molar-refractivity contribution < 1.29 is 0 Å². The van der Waals surface area contributed by atoms with Crippen LogP contribution in [0.2, 0.25) is 0 Å². The summed E-state index contributed by atoms with van der Waals surface area (Å²) in [6, 6.07) is 3.90. The van der Waals surface area contributed by atoms with Crippen molar-refractivity contribution >= 4 is 22.7 Å². The van der Waals surface area contributed by atoms with Crippen molar-refractivity contribution in [2.45, 2.75) is 0 Å². The van der Waals surface area contributed by atoms with E-state index in [4.69, 9.17) is 5.73 Å². The number of anilines is 4. The van der Waals surface area contributed by atoms with E-state index in [2.05, 4.69) is 16.0 Å². The van der Waals surface area contributed by atoms with E-state index in [1.165, 1.54) is 0 Å². The number of nitrogen functional groups attached to an aromatic ring is 1. The highest BCUT2D eigenvalue weighted by molar-refractivity contribution is 5.85. The van der Waals surface area contributed by atoms with Crippen LogP contribution in [0.3, 0.4) is 0 Å². The van der Waals surface area contributed by atoms with E-state index < -0.39 is 0 Å². The van der Waals surface area contributed by atoms with Gasteiger partial charge >= 0.3 is 0 Å². The topological polar surface area (TPSA) is 62.1 Å². The van der Waals surface area contributed by atoms with Gasteiger partial charge in [-0.25, -0.2) is 0 Å². The van der Waals surface area contributed by atoms with Gasteiger partial charge in [0.25, 0.3) is 0 Å². The molecule has 0 aliphatic carbocycles. The van der Waals surface area contributed by atoms with Crippen LogP contribution in [0.5, 0.6) is 0 Å². The van der Waals surface area contributed by atoms with E-state index in [9.17, 15) is 0 Å². The maximum Gasteiger partial charge on any atom is 0.0808 e. The average Bonchev–Trinajstić information content (AvgIpc) is 2.16. The van der Waals surface area contributed by atoms with Gasteiger partial charge in [-0.05, 0) is 12.1 Å². The first kappa shape index (κ1) is 9.51. The predicted molar refractivity (Wildman–Crippen MR) is 59.5 cm³/mol. The smallest absolute Gasteiger partial charge is 0.0808 e. The summed E-state index contributed by atoms with van der Waals surface area (Å²) in [7, 11) is 5.59. The molecule has 72 valence electrons. The van der Waals surface area contributed by atoms with Crippen molar-refractivity contribution in [2.75, 3.05) is 42.8 Å². The van der Waals surface area contributed by atoms with Crippen LogP contribution in [0, 0.1) is 0 Å². The fourth-order valence-electron chi connectivity index (χ4n) is 1.29. The molecule has 1 aromatic rings. The number of hydrogen-bond donors (Lipinski definition) is 4. The molecule has 0 aliphatic heterocycles. The van der Waals surface area contributed by atoms with Crippen molar-refractivity contribution in [1.82, 2.24) is 0 Å². The number of nitrogens with two attached hydrogens (primary N) is 1. The fourth-order valence-corrected chi connectivity index (χ4v) is 1.29.